The molecule has 0 saturated carbocycles. The molecular formula is C30H41N5OS. The molecule has 37 heavy (non-hydrogen) atoms. The van der Waals surface area contributed by atoms with Crippen molar-refractivity contribution < 1.29 is 4.79 Å². The first-order chi connectivity index (χ1) is 17.9. The van der Waals surface area contributed by atoms with Gasteiger partial charge >= 0.3 is 0 Å². The van der Waals surface area contributed by atoms with E-state index in [1.807, 2.05) is 50.2 Å². The van der Waals surface area contributed by atoms with Crippen LogP contribution in [0.2, 0.25) is 0 Å². The lowest BCUT2D eigenvalue weighted by molar-refractivity contribution is -0.121. The highest BCUT2D eigenvalue weighted by atomic mass is 32.1. The third-order valence-electron chi connectivity index (χ3n) is 5.98. The summed E-state index contributed by atoms with van der Waals surface area (Å²) < 4.78 is 0. The molecule has 1 fully saturated rings. The lowest BCUT2D eigenvalue weighted by Crippen LogP contribution is -2.45. The minimum atomic E-state index is 0.0934. The van der Waals surface area contributed by atoms with Gasteiger partial charge in [0.2, 0.25) is 11.9 Å². The standard InChI is InChI=1S/C25H31N5OS.C3H6.C2H4/c1-5-17(2)22-14-18(16-32-22)15-23(31)26-19-10-12-30(13-11-19)25-27-21-9-7-6-8-20(21)24(28-25)29(3)4;1-3-2;1-2/h5-9,14,16-17,19H,1,10-13,15H2,2-4H3,(H,26,31);3H,1H2,2H3;1-2H2. The Bertz CT molecular complexity index is 1160. The van der Waals surface area contributed by atoms with E-state index in [1.165, 1.54) is 4.88 Å². The number of para-hydroxylation sites is 1. The van der Waals surface area contributed by atoms with E-state index < -0.39 is 0 Å². The summed E-state index contributed by atoms with van der Waals surface area (Å²) >= 11 is 1.70. The molecule has 1 saturated heterocycles. The number of anilines is 2. The molecule has 0 aliphatic carbocycles. The van der Waals surface area contributed by atoms with Crippen molar-refractivity contribution in [3.8, 4) is 0 Å². The van der Waals surface area contributed by atoms with Crippen molar-refractivity contribution in [3.63, 3.8) is 0 Å². The fraction of sp³-hybridized carbons (Fsp3) is 0.367. The number of allylic oxidation sites excluding steroid dienone is 2. The van der Waals surface area contributed by atoms with Gasteiger partial charge in [0.15, 0.2) is 0 Å². The van der Waals surface area contributed by atoms with E-state index in [0.29, 0.717) is 12.3 Å². The van der Waals surface area contributed by atoms with E-state index in [0.717, 1.165) is 54.2 Å². The summed E-state index contributed by atoms with van der Waals surface area (Å²) in [5.74, 6) is 2.11. The van der Waals surface area contributed by atoms with Crippen molar-refractivity contribution in [3.05, 3.63) is 84.6 Å². The average Bonchev–Trinajstić information content (AvgIpc) is 3.37. The van der Waals surface area contributed by atoms with Crippen LogP contribution in [-0.2, 0) is 11.2 Å². The Kier molecular flexibility index (Phi) is 12.0. The van der Waals surface area contributed by atoms with E-state index in [2.05, 4.69) is 61.0 Å². The number of hydrogen-bond donors (Lipinski definition) is 1. The Balaban J connectivity index is 0.000000898. The molecule has 3 aromatic rings. The van der Waals surface area contributed by atoms with Crippen LogP contribution in [0.15, 0.2) is 74.2 Å². The van der Waals surface area contributed by atoms with Crippen molar-refractivity contribution >= 4 is 39.9 Å². The SMILES string of the molecule is C=C.C=CC.C=CC(C)c1cc(CC(=O)NC2CCN(c3nc(N(C)C)c4ccccc4n3)CC2)cs1. The van der Waals surface area contributed by atoms with Crippen LogP contribution in [0.4, 0.5) is 11.8 Å². The lowest BCUT2D eigenvalue weighted by atomic mass is 10.0. The summed E-state index contributed by atoms with van der Waals surface area (Å²) in [6, 6.07) is 10.4. The zero-order chi connectivity index (χ0) is 27.4. The lowest BCUT2D eigenvalue weighted by Gasteiger charge is -2.33. The molecule has 0 radical (unpaired) electrons. The highest BCUT2D eigenvalue weighted by Crippen LogP contribution is 2.27. The van der Waals surface area contributed by atoms with Crippen LogP contribution in [-0.4, -0.2) is 49.1 Å². The van der Waals surface area contributed by atoms with Crippen molar-refractivity contribution in [1.29, 1.82) is 0 Å². The van der Waals surface area contributed by atoms with Gasteiger partial charge in [-0.3, -0.25) is 4.79 Å². The Morgan fingerprint density at radius 1 is 1.22 bits per heavy atom. The smallest absolute Gasteiger partial charge is 0.227 e. The van der Waals surface area contributed by atoms with Crippen molar-refractivity contribution in [2.75, 3.05) is 37.0 Å². The molecule has 0 bridgehead atoms. The van der Waals surface area contributed by atoms with E-state index in [9.17, 15) is 4.79 Å². The Morgan fingerprint density at radius 3 is 2.49 bits per heavy atom. The number of rotatable bonds is 7. The van der Waals surface area contributed by atoms with Crippen LogP contribution >= 0.6 is 11.3 Å². The number of carbonyl (C=O) groups excluding carboxylic acids is 1. The van der Waals surface area contributed by atoms with Gasteiger partial charge < -0.3 is 15.1 Å². The second-order valence-corrected chi connectivity index (χ2v) is 10.00. The molecule has 6 nitrogen and oxygen atoms in total. The maximum absolute atomic E-state index is 12.6. The van der Waals surface area contributed by atoms with Gasteiger partial charge in [-0.2, -0.15) is 4.98 Å². The average molecular weight is 520 g/mol. The molecule has 1 aliphatic heterocycles. The molecule has 198 valence electrons. The fourth-order valence-corrected chi connectivity index (χ4v) is 5.03. The van der Waals surface area contributed by atoms with Gasteiger partial charge in [-0.15, -0.1) is 37.7 Å². The summed E-state index contributed by atoms with van der Waals surface area (Å²) in [7, 11) is 4.02. The van der Waals surface area contributed by atoms with Crippen LogP contribution < -0.4 is 15.1 Å². The second kappa shape index (κ2) is 15.0. The molecule has 3 heterocycles. The number of thiophene rings is 1. The van der Waals surface area contributed by atoms with Gasteiger partial charge in [-0.05, 0) is 48.9 Å². The molecule has 7 heteroatoms. The number of nitrogens with zero attached hydrogens (tertiary/aromatic N) is 4. The van der Waals surface area contributed by atoms with Crippen LogP contribution in [0.5, 0.6) is 0 Å². The molecule has 0 spiro atoms. The fourth-order valence-electron chi connectivity index (χ4n) is 4.06. The van der Waals surface area contributed by atoms with E-state index >= 15 is 0 Å². The maximum Gasteiger partial charge on any atom is 0.227 e. The number of benzene rings is 1. The number of aromatic nitrogens is 2. The molecular weight excluding hydrogens is 478 g/mol. The first kappa shape index (κ1) is 29.8. The maximum atomic E-state index is 12.6. The summed E-state index contributed by atoms with van der Waals surface area (Å²) in [5, 5.41) is 6.36. The highest BCUT2D eigenvalue weighted by molar-refractivity contribution is 7.10. The Hall–Kier alpha value is -3.45. The van der Waals surface area contributed by atoms with E-state index in [-0.39, 0.29) is 11.9 Å². The third-order valence-corrected chi connectivity index (χ3v) is 7.16. The third kappa shape index (κ3) is 8.29. The predicted molar refractivity (Wildman–Crippen MR) is 161 cm³/mol. The predicted octanol–water partition coefficient (Wildman–Crippen LogP) is 6.37. The van der Waals surface area contributed by atoms with Gasteiger partial charge in [0, 0.05) is 49.4 Å². The van der Waals surface area contributed by atoms with Crippen LogP contribution in [0.25, 0.3) is 10.9 Å². The Labute approximate surface area is 226 Å². The number of nitrogens with one attached hydrogen (secondary N) is 1. The van der Waals surface area contributed by atoms with Crippen molar-refractivity contribution in [2.45, 2.75) is 45.1 Å². The normalized spacial score (nSPS) is 13.9. The molecule has 1 N–H and O–H groups in total. The van der Waals surface area contributed by atoms with Crippen LogP contribution in [0, 0.1) is 0 Å². The van der Waals surface area contributed by atoms with Gasteiger partial charge in [0.05, 0.1) is 11.9 Å². The first-order valence-electron chi connectivity index (χ1n) is 12.6. The molecule has 1 unspecified atom stereocenters. The molecule has 1 aromatic carbocycles. The molecule has 4 rings (SSSR count). The van der Waals surface area contributed by atoms with E-state index in [1.54, 1.807) is 17.4 Å². The molecule has 1 aliphatic rings. The monoisotopic (exact) mass is 519 g/mol. The summed E-state index contributed by atoms with van der Waals surface area (Å²) in [5.41, 5.74) is 2.03. The van der Waals surface area contributed by atoms with E-state index in [4.69, 9.17) is 9.97 Å². The van der Waals surface area contributed by atoms with Crippen molar-refractivity contribution in [1.82, 2.24) is 15.3 Å². The number of piperidine rings is 1. The van der Waals surface area contributed by atoms with Gasteiger partial charge in [-0.1, -0.05) is 31.2 Å². The number of hydrogen-bond acceptors (Lipinski definition) is 6. The first-order valence-corrected chi connectivity index (χ1v) is 13.5. The zero-order valence-corrected chi connectivity index (χ0v) is 23.6. The largest absolute Gasteiger partial charge is 0.362 e. The highest BCUT2D eigenvalue weighted by Gasteiger charge is 2.23. The minimum Gasteiger partial charge on any atom is -0.362 e. The second-order valence-electron chi connectivity index (χ2n) is 9.05. The molecule has 2 aromatic heterocycles. The van der Waals surface area contributed by atoms with Gasteiger partial charge in [0.25, 0.3) is 0 Å². The van der Waals surface area contributed by atoms with Gasteiger partial charge in [0.1, 0.15) is 5.82 Å². The minimum absolute atomic E-state index is 0.0934. The van der Waals surface area contributed by atoms with Crippen molar-refractivity contribution in [2.24, 2.45) is 0 Å². The summed E-state index contributed by atoms with van der Waals surface area (Å²) in [6.07, 6.45) is 5.90. The number of fused-ring (bicyclic) bond motifs is 1. The van der Waals surface area contributed by atoms with Crippen LogP contribution in [0.1, 0.15) is 43.0 Å². The summed E-state index contributed by atoms with van der Waals surface area (Å²) in [4.78, 5) is 27.7. The summed E-state index contributed by atoms with van der Waals surface area (Å²) in [6.45, 7) is 18.9. The number of carbonyl (C=O) groups is 1. The Morgan fingerprint density at radius 2 is 1.86 bits per heavy atom. The zero-order valence-electron chi connectivity index (χ0n) is 22.7. The molecule has 1 amide bonds. The van der Waals surface area contributed by atoms with Crippen LogP contribution in [0.3, 0.4) is 0 Å². The molecule has 1 atom stereocenters. The van der Waals surface area contributed by atoms with Gasteiger partial charge in [-0.25, -0.2) is 4.98 Å². The number of amides is 1. The topological polar surface area (TPSA) is 61.4 Å². The quantitative estimate of drug-likeness (QED) is 0.368.